The van der Waals surface area contributed by atoms with Crippen molar-refractivity contribution in [1.29, 1.82) is 0 Å². The summed E-state index contributed by atoms with van der Waals surface area (Å²) in [6.07, 6.45) is -0.0407. The van der Waals surface area contributed by atoms with Gasteiger partial charge in [0.25, 0.3) is 0 Å². The molecule has 0 saturated carbocycles. The molecule has 2 aromatic rings. The molecule has 3 heteroatoms. The van der Waals surface area contributed by atoms with Crippen molar-refractivity contribution in [2.45, 2.75) is 13.0 Å². The first-order valence-corrected chi connectivity index (χ1v) is 6.86. The Hall–Kier alpha value is -1.51. The maximum absolute atomic E-state index is 6.14. The van der Waals surface area contributed by atoms with E-state index >= 15 is 0 Å². The summed E-state index contributed by atoms with van der Waals surface area (Å²) in [5.74, 6) is 0.718. The van der Waals surface area contributed by atoms with Gasteiger partial charge in [0.2, 0.25) is 0 Å². The van der Waals surface area contributed by atoms with Gasteiger partial charge in [0.15, 0.2) is 0 Å². The van der Waals surface area contributed by atoms with Gasteiger partial charge in [0.05, 0.1) is 5.02 Å². The molecular weight excluding hydrogens is 258 g/mol. The molecule has 0 aliphatic rings. The lowest BCUT2D eigenvalue weighted by Gasteiger charge is -2.20. The summed E-state index contributed by atoms with van der Waals surface area (Å²) in [7, 11) is 0. The molecule has 2 rings (SSSR count). The summed E-state index contributed by atoms with van der Waals surface area (Å²) < 4.78 is 6.04. The van der Waals surface area contributed by atoms with Gasteiger partial charge in [0.1, 0.15) is 11.9 Å². The number of likely N-dealkylation sites (N-methyl/N-ethyl adjacent to an activating group) is 1. The van der Waals surface area contributed by atoms with E-state index in [4.69, 9.17) is 16.3 Å². The lowest BCUT2D eigenvalue weighted by Crippen LogP contribution is -2.24. The Labute approximate surface area is 119 Å². The normalized spacial score (nSPS) is 12.1. The van der Waals surface area contributed by atoms with Crippen molar-refractivity contribution >= 4 is 11.6 Å². The standard InChI is InChI=1S/C16H18ClNO/c1-2-18-12-16(13-8-4-3-5-9-13)19-15-11-7-6-10-14(15)17/h3-11,16,18H,2,12H2,1H3. The van der Waals surface area contributed by atoms with Gasteiger partial charge >= 0.3 is 0 Å². The van der Waals surface area contributed by atoms with E-state index in [1.165, 1.54) is 0 Å². The van der Waals surface area contributed by atoms with Crippen LogP contribution in [0.2, 0.25) is 5.02 Å². The zero-order chi connectivity index (χ0) is 13.5. The molecule has 0 bridgehead atoms. The predicted octanol–water partition coefficient (Wildman–Crippen LogP) is 4.07. The summed E-state index contributed by atoms with van der Waals surface area (Å²) in [5.41, 5.74) is 1.14. The first-order chi connectivity index (χ1) is 9.31. The van der Waals surface area contributed by atoms with E-state index in [0.717, 1.165) is 24.4 Å². The highest BCUT2D eigenvalue weighted by molar-refractivity contribution is 6.32. The molecule has 100 valence electrons. The van der Waals surface area contributed by atoms with E-state index in [-0.39, 0.29) is 6.10 Å². The molecule has 1 unspecified atom stereocenters. The Bertz CT molecular complexity index is 501. The minimum absolute atomic E-state index is 0.0407. The molecule has 0 aromatic heterocycles. The summed E-state index contributed by atoms with van der Waals surface area (Å²) >= 11 is 6.14. The number of hydrogen-bond donors (Lipinski definition) is 1. The smallest absolute Gasteiger partial charge is 0.138 e. The Morgan fingerprint density at radius 2 is 1.74 bits per heavy atom. The van der Waals surface area contributed by atoms with Crippen molar-refractivity contribution in [2.24, 2.45) is 0 Å². The molecule has 2 aromatic carbocycles. The number of ether oxygens (including phenoxy) is 1. The van der Waals surface area contributed by atoms with Crippen LogP contribution in [0.1, 0.15) is 18.6 Å². The Balaban J connectivity index is 2.17. The highest BCUT2D eigenvalue weighted by Crippen LogP contribution is 2.28. The SMILES string of the molecule is CCNCC(Oc1ccccc1Cl)c1ccccc1. The highest BCUT2D eigenvalue weighted by Gasteiger charge is 2.13. The van der Waals surface area contributed by atoms with Crippen LogP contribution in [-0.2, 0) is 0 Å². The predicted molar refractivity (Wildman–Crippen MR) is 79.8 cm³/mol. The first-order valence-electron chi connectivity index (χ1n) is 6.48. The van der Waals surface area contributed by atoms with Crippen LogP contribution in [0.3, 0.4) is 0 Å². The van der Waals surface area contributed by atoms with Gasteiger partial charge in [-0.15, -0.1) is 0 Å². The van der Waals surface area contributed by atoms with Gasteiger partial charge in [-0.25, -0.2) is 0 Å². The van der Waals surface area contributed by atoms with Gasteiger partial charge < -0.3 is 10.1 Å². The number of nitrogens with one attached hydrogen (secondary N) is 1. The molecule has 0 amide bonds. The minimum Gasteiger partial charge on any atom is -0.483 e. The van der Waals surface area contributed by atoms with Gasteiger partial charge in [0, 0.05) is 6.54 Å². The van der Waals surface area contributed by atoms with Crippen molar-refractivity contribution in [3.8, 4) is 5.75 Å². The van der Waals surface area contributed by atoms with Gasteiger partial charge in [-0.2, -0.15) is 0 Å². The van der Waals surface area contributed by atoms with E-state index in [9.17, 15) is 0 Å². The van der Waals surface area contributed by atoms with Crippen LogP contribution in [0.15, 0.2) is 54.6 Å². The average molecular weight is 276 g/mol. The summed E-state index contributed by atoms with van der Waals surface area (Å²) in [4.78, 5) is 0. The van der Waals surface area contributed by atoms with E-state index in [1.54, 1.807) is 0 Å². The van der Waals surface area contributed by atoms with Crippen molar-refractivity contribution in [1.82, 2.24) is 5.32 Å². The molecule has 0 aliphatic heterocycles. The summed E-state index contributed by atoms with van der Waals surface area (Å²) in [6, 6.07) is 17.7. The molecular formula is C16H18ClNO. The molecule has 2 nitrogen and oxygen atoms in total. The third-order valence-corrected chi connectivity index (χ3v) is 3.17. The van der Waals surface area contributed by atoms with E-state index in [1.807, 2.05) is 42.5 Å². The average Bonchev–Trinajstić information content (AvgIpc) is 2.46. The topological polar surface area (TPSA) is 21.3 Å². The largest absolute Gasteiger partial charge is 0.483 e. The zero-order valence-electron chi connectivity index (χ0n) is 11.0. The van der Waals surface area contributed by atoms with E-state index in [0.29, 0.717) is 5.02 Å². The van der Waals surface area contributed by atoms with Crippen LogP contribution in [0.5, 0.6) is 5.75 Å². The Morgan fingerprint density at radius 3 is 2.42 bits per heavy atom. The molecule has 0 aliphatic carbocycles. The van der Waals surface area contributed by atoms with Crippen molar-refractivity contribution in [3.63, 3.8) is 0 Å². The molecule has 0 heterocycles. The highest BCUT2D eigenvalue weighted by atomic mass is 35.5. The number of halogens is 1. The summed E-state index contributed by atoms with van der Waals surface area (Å²) in [6.45, 7) is 3.75. The number of benzene rings is 2. The molecule has 1 atom stereocenters. The van der Waals surface area contributed by atoms with Crippen LogP contribution in [-0.4, -0.2) is 13.1 Å². The fourth-order valence-electron chi connectivity index (χ4n) is 1.86. The van der Waals surface area contributed by atoms with Crippen LogP contribution < -0.4 is 10.1 Å². The number of para-hydroxylation sites is 1. The number of rotatable bonds is 6. The molecule has 19 heavy (non-hydrogen) atoms. The fourth-order valence-corrected chi connectivity index (χ4v) is 2.04. The second kappa shape index (κ2) is 7.17. The maximum Gasteiger partial charge on any atom is 0.138 e. The summed E-state index contributed by atoms with van der Waals surface area (Å²) in [5, 5.41) is 3.96. The second-order valence-corrected chi connectivity index (χ2v) is 4.66. The second-order valence-electron chi connectivity index (χ2n) is 4.26. The molecule has 1 N–H and O–H groups in total. The van der Waals surface area contributed by atoms with Crippen LogP contribution in [0, 0.1) is 0 Å². The zero-order valence-corrected chi connectivity index (χ0v) is 11.7. The molecule has 0 radical (unpaired) electrons. The third kappa shape index (κ3) is 3.98. The lowest BCUT2D eigenvalue weighted by molar-refractivity contribution is 0.203. The van der Waals surface area contributed by atoms with Crippen molar-refractivity contribution in [3.05, 3.63) is 65.2 Å². The first kappa shape index (κ1) is 13.9. The van der Waals surface area contributed by atoms with E-state index in [2.05, 4.69) is 24.4 Å². The Morgan fingerprint density at radius 1 is 1.05 bits per heavy atom. The lowest BCUT2D eigenvalue weighted by atomic mass is 10.1. The minimum atomic E-state index is -0.0407. The number of hydrogen-bond acceptors (Lipinski definition) is 2. The fraction of sp³-hybridized carbons (Fsp3) is 0.250. The maximum atomic E-state index is 6.14. The van der Waals surface area contributed by atoms with E-state index < -0.39 is 0 Å². The third-order valence-electron chi connectivity index (χ3n) is 2.86. The quantitative estimate of drug-likeness (QED) is 0.858. The van der Waals surface area contributed by atoms with Gasteiger partial charge in [-0.3, -0.25) is 0 Å². The van der Waals surface area contributed by atoms with Gasteiger partial charge in [-0.1, -0.05) is 61.0 Å². The van der Waals surface area contributed by atoms with Crippen LogP contribution >= 0.6 is 11.6 Å². The monoisotopic (exact) mass is 275 g/mol. The molecule has 0 fully saturated rings. The van der Waals surface area contributed by atoms with Crippen LogP contribution in [0.25, 0.3) is 0 Å². The molecule has 0 spiro atoms. The van der Waals surface area contributed by atoms with Gasteiger partial charge in [-0.05, 0) is 24.2 Å². The van der Waals surface area contributed by atoms with Crippen LogP contribution in [0.4, 0.5) is 0 Å². The Kier molecular flexibility index (Phi) is 5.25. The van der Waals surface area contributed by atoms with Crippen molar-refractivity contribution in [2.75, 3.05) is 13.1 Å². The molecule has 0 saturated heterocycles. The van der Waals surface area contributed by atoms with Crippen molar-refractivity contribution < 1.29 is 4.74 Å².